The summed E-state index contributed by atoms with van der Waals surface area (Å²) in [6.45, 7) is 1.89. The standard InChI is InChI=1S/C16H25NO4/c1-19-13-9-15(21-3)14(20-2)8-12(13)10-17-11-16(4-5-16)6-7-18/h8-9,17-18H,4-7,10-11H2,1-3H3. The smallest absolute Gasteiger partial charge is 0.164 e. The predicted octanol–water partition coefficient (Wildman–Crippen LogP) is 1.96. The van der Waals surface area contributed by atoms with E-state index in [0.717, 1.165) is 24.3 Å². The molecule has 2 rings (SSSR count). The topological polar surface area (TPSA) is 60.0 Å². The normalized spacial score (nSPS) is 15.6. The van der Waals surface area contributed by atoms with E-state index in [9.17, 15) is 0 Å². The third kappa shape index (κ3) is 3.80. The van der Waals surface area contributed by atoms with Crippen LogP contribution in [0.2, 0.25) is 0 Å². The van der Waals surface area contributed by atoms with Gasteiger partial charge in [0.25, 0.3) is 0 Å². The first-order valence-corrected chi connectivity index (χ1v) is 7.28. The summed E-state index contributed by atoms with van der Waals surface area (Å²) in [6, 6.07) is 3.78. The average Bonchev–Trinajstić information content (AvgIpc) is 3.26. The third-order valence-corrected chi connectivity index (χ3v) is 4.20. The van der Waals surface area contributed by atoms with Gasteiger partial charge in [0.1, 0.15) is 5.75 Å². The van der Waals surface area contributed by atoms with Crippen molar-refractivity contribution in [3.05, 3.63) is 17.7 Å². The summed E-state index contributed by atoms with van der Waals surface area (Å²) >= 11 is 0. The molecule has 2 N–H and O–H groups in total. The molecule has 21 heavy (non-hydrogen) atoms. The monoisotopic (exact) mass is 295 g/mol. The fraction of sp³-hybridized carbons (Fsp3) is 0.625. The van der Waals surface area contributed by atoms with Crippen LogP contribution in [0.3, 0.4) is 0 Å². The zero-order valence-electron chi connectivity index (χ0n) is 13.1. The molecular formula is C16H25NO4. The van der Waals surface area contributed by atoms with Crippen molar-refractivity contribution in [3.63, 3.8) is 0 Å². The second kappa shape index (κ2) is 7.00. The number of hydrogen-bond donors (Lipinski definition) is 2. The van der Waals surface area contributed by atoms with Crippen molar-refractivity contribution in [2.24, 2.45) is 5.41 Å². The van der Waals surface area contributed by atoms with Crippen LogP contribution in [-0.4, -0.2) is 39.6 Å². The molecule has 1 aromatic carbocycles. The van der Waals surface area contributed by atoms with Crippen LogP contribution in [0.5, 0.6) is 17.2 Å². The molecule has 0 heterocycles. The van der Waals surface area contributed by atoms with E-state index >= 15 is 0 Å². The maximum atomic E-state index is 9.09. The maximum absolute atomic E-state index is 9.09. The Bertz CT molecular complexity index is 472. The zero-order valence-corrected chi connectivity index (χ0v) is 13.1. The Morgan fingerprint density at radius 3 is 2.19 bits per heavy atom. The first-order valence-electron chi connectivity index (χ1n) is 7.28. The highest BCUT2D eigenvalue weighted by atomic mass is 16.5. The number of nitrogens with one attached hydrogen (secondary N) is 1. The molecule has 1 aliphatic rings. The molecule has 0 atom stereocenters. The Hall–Kier alpha value is -1.46. The van der Waals surface area contributed by atoms with Gasteiger partial charge in [0.05, 0.1) is 21.3 Å². The van der Waals surface area contributed by atoms with E-state index in [2.05, 4.69) is 5.32 Å². The quantitative estimate of drug-likeness (QED) is 0.729. The van der Waals surface area contributed by atoms with Gasteiger partial charge in [-0.3, -0.25) is 0 Å². The van der Waals surface area contributed by atoms with E-state index in [0.29, 0.717) is 23.5 Å². The lowest BCUT2D eigenvalue weighted by Gasteiger charge is -2.17. The van der Waals surface area contributed by atoms with Gasteiger partial charge in [-0.05, 0) is 30.7 Å². The molecule has 118 valence electrons. The van der Waals surface area contributed by atoms with Gasteiger partial charge in [-0.25, -0.2) is 0 Å². The number of aliphatic hydroxyl groups is 1. The van der Waals surface area contributed by atoms with Gasteiger partial charge in [-0.2, -0.15) is 0 Å². The van der Waals surface area contributed by atoms with Gasteiger partial charge in [-0.15, -0.1) is 0 Å². The van der Waals surface area contributed by atoms with Crippen molar-refractivity contribution in [3.8, 4) is 17.2 Å². The van der Waals surface area contributed by atoms with E-state index < -0.39 is 0 Å². The lowest BCUT2D eigenvalue weighted by Crippen LogP contribution is -2.24. The van der Waals surface area contributed by atoms with Gasteiger partial charge in [0.15, 0.2) is 11.5 Å². The molecule has 0 spiro atoms. The van der Waals surface area contributed by atoms with Crippen LogP contribution in [0.4, 0.5) is 0 Å². The van der Waals surface area contributed by atoms with Crippen LogP contribution < -0.4 is 19.5 Å². The Kier molecular flexibility index (Phi) is 5.31. The molecule has 0 bridgehead atoms. The Morgan fingerprint density at radius 1 is 1.05 bits per heavy atom. The molecule has 0 aliphatic heterocycles. The molecule has 1 fully saturated rings. The first-order chi connectivity index (χ1) is 10.2. The van der Waals surface area contributed by atoms with E-state index in [-0.39, 0.29) is 6.61 Å². The summed E-state index contributed by atoms with van der Waals surface area (Å²) in [7, 11) is 4.89. The van der Waals surface area contributed by atoms with Crippen LogP contribution in [0.15, 0.2) is 12.1 Å². The largest absolute Gasteiger partial charge is 0.496 e. The Labute approximate surface area is 126 Å². The van der Waals surface area contributed by atoms with E-state index in [1.165, 1.54) is 12.8 Å². The average molecular weight is 295 g/mol. The van der Waals surface area contributed by atoms with Gasteiger partial charge in [0, 0.05) is 31.3 Å². The molecule has 1 aliphatic carbocycles. The number of ether oxygens (including phenoxy) is 3. The molecule has 0 aromatic heterocycles. The van der Waals surface area contributed by atoms with Crippen molar-refractivity contribution in [1.82, 2.24) is 5.32 Å². The second-order valence-electron chi connectivity index (χ2n) is 5.60. The molecule has 0 amide bonds. The molecule has 0 unspecified atom stereocenters. The van der Waals surface area contributed by atoms with E-state index in [1.807, 2.05) is 12.1 Å². The summed E-state index contributed by atoms with van der Waals surface area (Å²) < 4.78 is 16.0. The Morgan fingerprint density at radius 2 is 1.67 bits per heavy atom. The van der Waals surface area contributed by atoms with Crippen LogP contribution >= 0.6 is 0 Å². The maximum Gasteiger partial charge on any atom is 0.164 e. The summed E-state index contributed by atoms with van der Waals surface area (Å²) in [5.41, 5.74) is 1.34. The van der Waals surface area contributed by atoms with Gasteiger partial charge in [0.2, 0.25) is 0 Å². The highest BCUT2D eigenvalue weighted by Crippen LogP contribution is 2.48. The second-order valence-corrected chi connectivity index (χ2v) is 5.60. The summed E-state index contributed by atoms with van der Waals surface area (Å²) in [5.74, 6) is 2.15. The zero-order chi connectivity index (χ0) is 15.3. The number of rotatable bonds is 9. The van der Waals surface area contributed by atoms with Crippen LogP contribution in [-0.2, 0) is 6.54 Å². The lowest BCUT2D eigenvalue weighted by atomic mass is 10.0. The molecule has 5 heteroatoms. The number of methoxy groups -OCH3 is 3. The molecule has 0 saturated heterocycles. The minimum atomic E-state index is 0.265. The molecular weight excluding hydrogens is 270 g/mol. The molecule has 1 saturated carbocycles. The van der Waals surface area contributed by atoms with E-state index in [4.69, 9.17) is 19.3 Å². The summed E-state index contributed by atoms with van der Waals surface area (Å²) in [4.78, 5) is 0. The van der Waals surface area contributed by atoms with Crippen molar-refractivity contribution in [2.75, 3.05) is 34.5 Å². The Balaban J connectivity index is 2.01. The van der Waals surface area contributed by atoms with Crippen LogP contribution in [0.1, 0.15) is 24.8 Å². The van der Waals surface area contributed by atoms with Gasteiger partial charge in [-0.1, -0.05) is 0 Å². The molecule has 5 nitrogen and oxygen atoms in total. The molecule has 1 aromatic rings. The van der Waals surface area contributed by atoms with Crippen molar-refractivity contribution < 1.29 is 19.3 Å². The fourth-order valence-electron chi connectivity index (χ4n) is 2.62. The first kappa shape index (κ1) is 15.9. The van der Waals surface area contributed by atoms with Gasteiger partial charge < -0.3 is 24.6 Å². The SMILES string of the molecule is COc1cc(OC)c(OC)cc1CNCC1(CCO)CC1. The lowest BCUT2D eigenvalue weighted by molar-refractivity contribution is 0.245. The van der Waals surface area contributed by atoms with Crippen LogP contribution in [0, 0.1) is 5.41 Å². The van der Waals surface area contributed by atoms with Gasteiger partial charge >= 0.3 is 0 Å². The predicted molar refractivity (Wildman–Crippen MR) is 81.2 cm³/mol. The highest BCUT2D eigenvalue weighted by Gasteiger charge is 2.41. The fourth-order valence-corrected chi connectivity index (χ4v) is 2.62. The third-order valence-electron chi connectivity index (χ3n) is 4.20. The van der Waals surface area contributed by atoms with Crippen molar-refractivity contribution >= 4 is 0 Å². The minimum absolute atomic E-state index is 0.265. The number of aliphatic hydroxyl groups excluding tert-OH is 1. The summed E-state index contributed by atoms with van der Waals surface area (Å²) in [5, 5.41) is 12.6. The number of benzene rings is 1. The molecule has 0 radical (unpaired) electrons. The van der Waals surface area contributed by atoms with Crippen molar-refractivity contribution in [2.45, 2.75) is 25.8 Å². The minimum Gasteiger partial charge on any atom is -0.496 e. The van der Waals surface area contributed by atoms with E-state index in [1.54, 1.807) is 21.3 Å². The van der Waals surface area contributed by atoms with Crippen molar-refractivity contribution in [1.29, 1.82) is 0 Å². The highest BCUT2D eigenvalue weighted by molar-refractivity contribution is 5.50. The number of hydrogen-bond acceptors (Lipinski definition) is 5. The van der Waals surface area contributed by atoms with Crippen LogP contribution in [0.25, 0.3) is 0 Å². The summed E-state index contributed by atoms with van der Waals surface area (Å²) in [6.07, 6.45) is 3.27.